The molecule has 0 amide bonds. The molecule has 1 aromatic heterocycles. The van der Waals surface area contributed by atoms with Gasteiger partial charge in [0.15, 0.2) is 5.69 Å². The highest BCUT2D eigenvalue weighted by molar-refractivity contribution is 7.14. The van der Waals surface area contributed by atoms with Crippen LogP contribution < -0.4 is 4.90 Å². The average Bonchev–Trinajstić information content (AvgIpc) is 2.81. The Bertz CT molecular complexity index is 510. The molecule has 0 spiro atoms. The second kappa shape index (κ2) is 4.97. The lowest BCUT2D eigenvalue weighted by atomic mass is 10.3. The van der Waals surface area contributed by atoms with E-state index in [9.17, 15) is 4.79 Å². The minimum Gasteiger partial charge on any atom is -0.476 e. The predicted octanol–water partition coefficient (Wildman–Crippen LogP) is 3.00. The molecule has 0 unspecified atom stereocenters. The molecule has 0 aliphatic heterocycles. The van der Waals surface area contributed by atoms with Gasteiger partial charge in [0.05, 0.1) is 5.51 Å². The number of benzene rings is 1. The molecule has 88 valence electrons. The van der Waals surface area contributed by atoms with Crippen LogP contribution >= 0.6 is 11.3 Å². The molecule has 17 heavy (non-hydrogen) atoms. The van der Waals surface area contributed by atoms with Crippen LogP contribution in [0.2, 0.25) is 0 Å². The summed E-state index contributed by atoms with van der Waals surface area (Å²) in [6, 6.07) is 9.70. The van der Waals surface area contributed by atoms with Gasteiger partial charge < -0.3 is 10.0 Å². The van der Waals surface area contributed by atoms with Crippen molar-refractivity contribution in [3.63, 3.8) is 0 Å². The lowest BCUT2D eigenvalue weighted by Gasteiger charge is -2.21. The van der Waals surface area contributed by atoms with Gasteiger partial charge >= 0.3 is 5.97 Å². The van der Waals surface area contributed by atoms with Gasteiger partial charge in [0.25, 0.3) is 0 Å². The molecule has 1 aromatic carbocycles. The number of carboxylic acid groups (broad SMARTS) is 1. The first-order chi connectivity index (χ1) is 8.24. The number of hydrogen-bond donors (Lipinski definition) is 1. The largest absolute Gasteiger partial charge is 0.476 e. The zero-order chi connectivity index (χ0) is 12.3. The first-order valence-electron chi connectivity index (χ1n) is 5.23. The number of carbonyl (C=O) groups is 1. The number of para-hydroxylation sites is 1. The zero-order valence-electron chi connectivity index (χ0n) is 9.33. The summed E-state index contributed by atoms with van der Waals surface area (Å²) >= 11 is 1.34. The van der Waals surface area contributed by atoms with Crippen LogP contribution in [-0.4, -0.2) is 22.6 Å². The van der Waals surface area contributed by atoms with Gasteiger partial charge in [-0.05, 0) is 19.1 Å². The van der Waals surface area contributed by atoms with Crippen LogP contribution in [-0.2, 0) is 0 Å². The maximum absolute atomic E-state index is 11.1. The van der Waals surface area contributed by atoms with Crippen molar-refractivity contribution >= 4 is 28.0 Å². The molecule has 4 nitrogen and oxygen atoms in total. The van der Waals surface area contributed by atoms with Gasteiger partial charge in [-0.2, -0.15) is 0 Å². The van der Waals surface area contributed by atoms with Gasteiger partial charge in [0.1, 0.15) is 5.00 Å². The van der Waals surface area contributed by atoms with E-state index in [1.54, 1.807) is 5.51 Å². The fourth-order valence-corrected chi connectivity index (χ4v) is 2.50. The molecule has 0 fully saturated rings. The van der Waals surface area contributed by atoms with E-state index >= 15 is 0 Å². The van der Waals surface area contributed by atoms with Crippen molar-refractivity contribution in [2.45, 2.75) is 6.92 Å². The third kappa shape index (κ3) is 2.29. The van der Waals surface area contributed by atoms with Gasteiger partial charge in [0.2, 0.25) is 0 Å². The van der Waals surface area contributed by atoms with Crippen LogP contribution in [0.4, 0.5) is 10.7 Å². The van der Waals surface area contributed by atoms with Crippen molar-refractivity contribution in [2.24, 2.45) is 0 Å². The van der Waals surface area contributed by atoms with Crippen molar-refractivity contribution in [1.29, 1.82) is 0 Å². The second-order valence-corrected chi connectivity index (χ2v) is 4.22. The highest BCUT2D eigenvalue weighted by atomic mass is 32.1. The molecule has 0 aliphatic rings. The van der Waals surface area contributed by atoms with E-state index in [0.717, 1.165) is 5.69 Å². The van der Waals surface area contributed by atoms with Gasteiger partial charge in [-0.3, -0.25) is 0 Å². The summed E-state index contributed by atoms with van der Waals surface area (Å²) in [5, 5.41) is 9.74. The molecule has 1 heterocycles. The van der Waals surface area contributed by atoms with Crippen molar-refractivity contribution in [1.82, 2.24) is 4.98 Å². The van der Waals surface area contributed by atoms with E-state index in [1.807, 2.05) is 42.2 Å². The average molecular weight is 248 g/mol. The van der Waals surface area contributed by atoms with E-state index in [0.29, 0.717) is 11.5 Å². The van der Waals surface area contributed by atoms with Crippen LogP contribution in [0.1, 0.15) is 17.4 Å². The number of nitrogens with zero attached hydrogens (tertiary/aromatic N) is 2. The van der Waals surface area contributed by atoms with E-state index in [2.05, 4.69) is 4.98 Å². The van der Waals surface area contributed by atoms with Crippen LogP contribution in [0.3, 0.4) is 0 Å². The van der Waals surface area contributed by atoms with Gasteiger partial charge in [-0.15, -0.1) is 11.3 Å². The summed E-state index contributed by atoms with van der Waals surface area (Å²) in [6.07, 6.45) is 0. The number of aromatic carboxylic acids is 1. The lowest BCUT2D eigenvalue weighted by molar-refractivity contribution is 0.0692. The summed E-state index contributed by atoms with van der Waals surface area (Å²) in [5.41, 5.74) is 2.65. The molecular formula is C12H12N2O2S. The number of thiazole rings is 1. The smallest absolute Gasteiger partial charge is 0.357 e. The summed E-state index contributed by atoms with van der Waals surface area (Å²) in [6.45, 7) is 2.69. The topological polar surface area (TPSA) is 53.4 Å². The molecule has 0 saturated carbocycles. The molecule has 1 N–H and O–H groups in total. The van der Waals surface area contributed by atoms with Crippen LogP contribution in [0.15, 0.2) is 35.8 Å². The maximum Gasteiger partial charge on any atom is 0.357 e. The van der Waals surface area contributed by atoms with Crippen molar-refractivity contribution in [3.8, 4) is 0 Å². The minimum absolute atomic E-state index is 0.112. The molecule has 0 aliphatic carbocycles. The Labute approximate surface area is 103 Å². The second-order valence-electron chi connectivity index (χ2n) is 3.39. The normalized spacial score (nSPS) is 10.2. The van der Waals surface area contributed by atoms with Gasteiger partial charge in [-0.25, -0.2) is 9.78 Å². The maximum atomic E-state index is 11.1. The molecule has 2 aromatic rings. The predicted molar refractivity (Wildman–Crippen MR) is 68.2 cm³/mol. The SMILES string of the molecule is CCN(c1ccccc1)c1scnc1C(=O)O. The molecule has 0 bridgehead atoms. The number of rotatable bonds is 4. The fourth-order valence-electron chi connectivity index (χ4n) is 1.63. The quantitative estimate of drug-likeness (QED) is 0.903. The van der Waals surface area contributed by atoms with E-state index < -0.39 is 5.97 Å². The van der Waals surface area contributed by atoms with Crippen molar-refractivity contribution < 1.29 is 9.90 Å². The highest BCUT2D eigenvalue weighted by Crippen LogP contribution is 2.31. The first kappa shape index (κ1) is 11.6. The molecule has 0 atom stereocenters. The van der Waals surface area contributed by atoms with Crippen LogP contribution in [0.25, 0.3) is 0 Å². The number of hydrogen-bond acceptors (Lipinski definition) is 4. The Morgan fingerprint density at radius 2 is 2.12 bits per heavy atom. The Balaban J connectivity index is 2.43. The number of anilines is 2. The Morgan fingerprint density at radius 1 is 1.41 bits per heavy atom. The number of aromatic nitrogens is 1. The highest BCUT2D eigenvalue weighted by Gasteiger charge is 2.19. The lowest BCUT2D eigenvalue weighted by Crippen LogP contribution is -2.17. The molecule has 0 saturated heterocycles. The van der Waals surface area contributed by atoms with Crippen LogP contribution in [0, 0.1) is 0 Å². The fraction of sp³-hybridized carbons (Fsp3) is 0.167. The summed E-state index contributed by atoms with van der Waals surface area (Å²) < 4.78 is 0. The number of carboxylic acids is 1. The Hall–Kier alpha value is -1.88. The van der Waals surface area contributed by atoms with Gasteiger partial charge in [-0.1, -0.05) is 18.2 Å². The summed E-state index contributed by atoms with van der Waals surface area (Å²) in [5.74, 6) is -0.990. The summed E-state index contributed by atoms with van der Waals surface area (Å²) in [4.78, 5) is 16.9. The Kier molecular flexibility index (Phi) is 3.39. The van der Waals surface area contributed by atoms with E-state index in [4.69, 9.17) is 5.11 Å². The first-order valence-corrected chi connectivity index (χ1v) is 6.11. The molecule has 2 rings (SSSR count). The third-order valence-electron chi connectivity index (χ3n) is 2.38. The standard InChI is InChI=1S/C12H12N2O2S/c1-2-14(9-6-4-3-5-7-9)11-10(12(15)16)13-8-17-11/h3-8H,2H2,1H3,(H,15,16). The van der Waals surface area contributed by atoms with Crippen molar-refractivity contribution in [3.05, 3.63) is 41.5 Å². The van der Waals surface area contributed by atoms with Crippen LogP contribution in [0.5, 0.6) is 0 Å². The monoisotopic (exact) mass is 248 g/mol. The minimum atomic E-state index is -0.990. The molecular weight excluding hydrogens is 236 g/mol. The zero-order valence-corrected chi connectivity index (χ0v) is 10.1. The molecule has 5 heteroatoms. The summed E-state index contributed by atoms with van der Waals surface area (Å²) in [7, 11) is 0. The molecule has 0 radical (unpaired) electrons. The third-order valence-corrected chi connectivity index (χ3v) is 3.23. The van der Waals surface area contributed by atoms with Gasteiger partial charge in [0, 0.05) is 12.2 Å². The van der Waals surface area contributed by atoms with E-state index in [-0.39, 0.29) is 5.69 Å². The van der Waals surface area contributed by atoms with E-state index in [1.165, 1.54) is 11.3 Å². The Morgan fingerprint density at radius 3 is 2.71 bits per heavy atom. The van der Waals surface area contributed by atoms with Crippen molar-refractivity contribution in [2.75, 3.05) is 11.4 Å².